The van der Waals surface area contributed by atoms with Gasteiger partial charge in [-0.3, -0.25) is 13.9 Å². The predicted octanol–water partition coefficient (Wildman–Crippen LogP) is -0.803. The molecule has 0 amide bonds. The number of imidazole rings is 1. The maximum absolute atomic E-state index is 12.2. The molecule has 0 radical (unpaired) electrons. The van der Waals surface area contributed by atoms with Gasteiger partial charge < -0.3 is 14.0 Å². The zero-order valence-corrected chi connectivity index (χ0v) is 11.4. The summed E-state index contributed by atoms with van der Waals surface area (Å²) in [4.78, 5) is 28.2. The highest BCUT2D eigenvalue weighted by molar-refractivity contribution is 5.69. The Morgan fingerprint density at radius 2 is 1.95 bits per heavy atom. The second-order valence-corrected chi connectivity index (χ2v) is 4.80. The minimum atomic E-state index is -0.391. The highest BCUT2D eigenvalue weighted by Crippen LogP contribution is 2.11. The van der Waals surface area contributed by atoms with Crippen LogP contribution >= 0.6 is 0 Å². The first-order valence-electron chi connectivity index (χ1n) is 6.43. The van der Waals surface area contributed by atoms with Crippen LogP contribution in [0.2, 0.25) is 0 Å². The largest absolute Gasteiger partial charge is 0.351 e. The number of fused-ring (bicyclic) bond motifs is 1. The average molecular weight is 280 g/mol. The molecular formula is C12H16N4O4. The summed E-state index contributed by atoms with van der Waals surface area (Å²) in [6, 6.07) is 0. The van der Waals surface area contributed by atoms with Crippen molar-refractivity contribution in [1.29, 1.82) is 0 Å². The lowest BCUT2D eigenvalue weighted by molar-refractivity contribution is -0.184. The minimum Gasteiger partial charge on any atom is -0.351 e. The number of rotatable bonds is 2. The SMILES string of the molecule is Cn1c(=O)c2c(ncn2CC2OCCCO2)n(C)c1=O. The van der Waals surface area contributed by atoms with Crippen molar-refractivity contribution in [2.75, 3.05) is 13.2 Å². The van der Waals surface area contributed by atoms with Crippen LogP contribution in [0, 0.1) is 0 Å². The monoisotopic (exact) mass is 280 g/mol. The molecule has 20 heavy (non-hydrogen) atoms. The zero-order chi connectivity index (χ0) is 14.3. The summed E-state index contributed by atoms with van der Waals surface area (Å²) in [5, 5.41) is 0. The normalized spacial score (nSPS) is 16.9. The standard InChI is InChI=1S/C12H16N4O4/c1-14-10-9(11(17)15(2)12(14)18)16(7-13-10)6-8-19-4-3-5-20-8/h7-8H,3-6H2,1-2H3. The molecule has 3 heterocycles. The summed E-state index contributed by atoms with van der Waals surface area (Å²) in [6.07, 6.45) is 2.02. The smallest absolute Gasteiger partial charge is 0.332 e. The molecule has 2 aromatic rings. The van der Waals surface area contributed by atoms with E-state index in [9.17, 15) is 9.59 Å². The van der Waals surface area contributed by atoms with Gasteiger partial charge >= 0.3 is 5.69 Å². The molecule has 1 aliphatic heterocycles. The number of ether oxygens (including phenoxy) is 2. The van der Waals surface area contributed by atoms with Gasteiger partial charge in [0.05, 0.1) is 26.1 Å². The Kier molecular flexibility index (Phi) is 3.19. The van der Waals surface area contributed by atoms with Gasteiger partial charge in [0.1, 0.15) is 0 Å². The number of aryl methyl sites for hydroxylation is 1. The van der Waals surface area contributed by atoms with E-state index in [1.54, 1.807) is 11.6 Å². The third kappa shape index (κ3) is 1.97. The van der Waals surface area contributed by atoms with E-state index < -0.39 is 5.69 Å². The highest BCUT2D eigenvalue weighted by atomic mass is 16.7. The number of nitrogens with zero attached hydrogens (tertiary/aromatic N) is 4. The quantitative estimate of drug-likeness (QED) is 0.719. The van der Waals surface area contributed by atoms with Crippen LogP contribution in [0.1, 0.15) is 6.42 Å². The average Bonchev–Trinajstić information content (AvgIpc) is 2.88. The fourth-order valence-electron chi connectivity index (χ4n) is 2.34. The lowest BCUT2D eigenvalue weighted by atomic mass is 10.4. The van der Waals surface area contributed by atoms with E-state index >= 15 is 0 Å². The van der Waals surface area contributed by atoms with Crippen molar-refractivity contribution in [1.82, 2.24) is 18.7 Å². The molecule has 3 rings (SSSR count). The van der Waals surface area contributed by atoms with E-state index in [1.807, 2.05) is 0 Å². The van der Waals surface area contributed by atoms with Crippen LogP contribution in [-0.2, 0) is 30.1 Å². The van der Waals surface area contributed by atoms with Gasteiger partial charge in [-0.05, 0) is 6.42 Å². The molecule has 0 bridgehead atoms. The minimum absolute atomic E-state index is 0.364. The van der Waals surface area contributed by atoms with Crippen LogP contribution in [0.4, 0.5) is 0 Å². The molecule has 108 valence electrons. The Morgan fingerprint density at radius 1 is 1.25 bits per heavy atom. The van der Waals surface area contributed by atoms with Gasteiger partial charge in [0.25, 0.3) is 5.56 Å². The van der Waals surface area contributed by atoms with Crippen molar-refractivity contribution in [2.24, 2.45) is 14.1 Å². The van der Waals surface area contributed by atoms with Gasteiger partial charge in [-0.15, -0.1) is 0 Å². The van der Waals surface area contributed by atoms with Gasteiger partial charge in [0.2, 0.25) is 0 Å². The van der Waals surface area contributed by atoms with E-state index in [4.69, 9.17) is 9.47 Å². The Labute approximate surface area is 114 Å². The fraction of sp³-hybridized carbons (Fsp3) is 0.583. The first kappa shape index (κ1) is 13.1. The Morgan fingerprint density at radius 3 is 2.65 bits per heavy atom. The number of hydrogen-bond donors (Lipinski definition) is 0. The van der Waals surface area contributed by atoms with Gasteiger partial charge in [-0.25, -0.2) is 9.78 Å². The number of hydrogen-bond acceptors (Lipinski definition) is 5. The Bertz CT molecular complexity index is 751. The summed E-state index contributed by atoms with van der Waals surface area (Å²) < 4.78 is 15.1. The van der Waals surface area contributed by atoms with Crippen LogP contribution in [-0.4, -0.2) is 38.2 Å². The van der Waals surface area contributed by atoms with Crippen molar-refractivity contribution in [2.45, 2.75) is 19.3 Å². The lowest BCUT2D eigenvalue weighted by Gasteiger charge is -2.23. The van der Waals surface area contributed by atoms with Crippen LogP contribution in [0.3, 0.4) is 0 Å². The predicted molar refractivity (Wildman–Crippen MR) is 70.5 cm³/mol. The van der Waals surface area contributed by atoms with E-state index in [1.165, 1.54) is 17.9 Å². The van der Waals surface area contributed by atoms with Crippen molar-refractivity contribution in [3.8, 4) is 0 Å². The molecule has 1 aliphatic rings. The van der Waals surface area contributed by atoms with Crippen molar-refractivity contribution in [3.63, 3.8) is 0 Å². The summed E-state index contributed by atoms with van der Waals surface area (Å²) >= 11 is 0. The van der Waals surface area contributed by atoms with Crippen LogP contribution in [0.15, 0.2) is 15.9 Å². The molecule has 0 saturated carbocycles. The van der Waals surface area contributed by atoms with Crippen molar-refractivity contribution < 1.29 is 9.47 Å². The van der Waals surface area contributed by atoms with Gasteiger partial charge in [-0.1, -0.05) is 0 Å². The third-order valence-electron chi connectivity index (χ3n) is 3.46. The van der Waals surface area contributed by atoms with Gasteiger partial charge in [0.15, 0.2) is 17.5 Å². The van der Waals surface area contributed by atoms with Gasteiger partial charge in [0, 0.05) is 14.1 Å². The molecule has 1 fully saturated rings. The molecular weight excluding hydrogens is 264 g/mol. The third-order valence-corrected chi connectivity index (χ3v) is 3.46. The van der Waals surface area contributed by atoms with Crippen LogP contribution in [0.25, 0.3) is 11.2 Å². The maximum Gasteiger partial charge on any atom is 0.332 e. The molecule has 0 unspecified atom stereocenters. The first-order chi connectivity index (χ1) is 9.59. The molecule has 0 aromatic carbocycles. The molecule has 0 N–H and O–H groups in total. The summed E-state index contributed by atoms with van der Waals surface area (Å²) in [5.74, 6) is 0. The zero-order valence-electron chi connectivity index (χ0n) is 11.4. The summed E-state index contributed by atoms with van der Waals surface area (Å²) in [7, 11) is 3.05. The lowest BCUT2D eigenvalue weighted by Crippen LogP contribution is -2.38. The van der Waals surface area contributed by atoms with E-state index in [-0.39, 0.29) is 11.8 Å². The summed E-state index contributed by atoms with van der Waals surface area (Å²) in [6.45, 7) is 1.67. The van der Waals surface area contributed by atoms with Crippen molar-refractivity contribution >= 4 is 11.2 Å². The molecule has 0 atom stereocenters. The van der Waals surface area contributed by atoms with Crippen LogP contribution < -0.4 is 11.2 Å². The molecule has 1 saturated heterocycles. The molecule has 8 heteroatoms. The van der Waals surface area contributed by atoms with E-state index in [2.05, 4.69) is 4.98 Å². The highest BCUT2D eigenvalue weighted by Gasteiger charge is 2.19. The maximum atomic E-state index is 12.2. The summed E-state index contributed by atoms with van der Waals surface area (Å²) in [5.41, 5.74) is -0.00407. The Hall–Kier alpha value is -1.93. The first-order valence-corrected chi connectivity index (χ1v) is 6.43. The topological polar surface area (TPSA) is 80.3 Å². The molecule has 8 nitrogen and oxygen atoms in total. The second kappa shape index (κ2) is 4.88. The second-order valence-electron chi connectivity index (χ2n) is 4.80. The fourth-order valence-corrected chi connectivity index (χ4v) is 2.34. The molecule has 0 spiro atoms. The molecule has 2 aromatic heterocycles. The number of aromatic nitrogens is 4. The molecule has 0 aliphatic carbocycles. The van der Waals surface area contributed by atoms with Crippen LogP contribution in [0.5, 0.6) is 0 Å². The Balaban J connectivity index is 2.09. The van der Waals surface area contributed by atoms with E-state index in [0.717, 1.165) is 11.0 Å². The van der Waals surface area contributed by atoms with Crippen molar-refractivity contribution in [3.05, 3.63) is 27.2 Å². The van der Waals surface area contributed by atoms with Gasteiger partial charge in [-0.2, -0.15) is 0 Å². The van der Waals surface area contributed by atoms with E-state index in [0.29, 0.717) is 30.9 Å².